The molecule has 0 saturated heterocycles. The number of pyridine rings is 1. The number of carbonyl (C=O) groups is 2. The largest absolute Gasteiger partial charge is 0.351 e. The molecule has 0 atom stereocenters. The normalized spacial score (nSPS) is 13.5. The highest BCUT2D eigenvalue weighted by Crippen LogP contribution is 2.34. The van der Waals surface area contributed by atoms with Crippen LogP contribution >= 0.6 is 11.6 Å². The summed E-state index contributed by atoms with van der Waals surface area (Å²) in [7, 11) is -3.91. The van der Waals surface area contributed by atoms with Crippen LogP contribution in [0.4, 0.5) is 17.2 Å². The van der Waals surface area contributed by atoms with E-state index >= 15 is 0 Å². The van der Waals surface area contributed by atoms with Crippen molar-refractivity contribution in [3.63, 3.8) is 0 Å². The predicted octanol–water partition coefficient (Wildman–Crippen LogP) is 3.73. The molecule has 4 rings (SSSR count). The highest BCUT2D eigenvalue weighted by Gasteiger charge is 2.37. The monoisotopic (exact) mass is 484 g/mol. The summed E-state index contributed by atoms with van der Waals surface area (Å²) >= 11 is 6.09. The number of halogens is 1. The van der Waals surface area contributed by atoms with Gasteiger partial charge in [-0.05, 0) is 42.5 Å². The Hall–Kier alpha value is -4.09. The van der Waals surface area contributed by atoms with Gasteiger partial charge >= 0.3 is 0 Å². The molecule has 1 aromatic heterocycles. The highest BCUT2D eigenvalue weighted by molar-refractivity contribution is 7.92. The summed E-state index contributed by atoms with van der Waals surface area (Å²) in [4.78, 5) is 39.9. The first kappa shape index (κ1) is 22.1. The standard InChI is InChI=1S/C21H13ClN4O6S/c22-18-19(20(27)14-4-3-5-15(26(29)30)17(14)21(18)28)24-12-7-9-13(10-8-12)33(31,32)25-16-6-1-2-11-23-16/h1-11,24H,(H,23,25). The molecule has 0 unspecified atom stereocenters. The number of anilines is 2. The molecule has 0 amide bonds. The SMILES string of the molecule is O=C1C(Nc2ccc(S(=O)(=O)Nc3ccccn3)cc2)=C(Cl)C(=O)c2c1cccc2[N+](=O)[O-]. The van der Waals surface area contributed by atoms with Crippen LogP contribution in [0.3, 0.4) is 0 Å². The molecule has 12 heteroatoms. The molecule has 3 aromatic rings. The van der Waals surface area contributed by atoms with Crippen LogP contribution in [0, 0.1) is 10.1 Å². The lowest BCUT2D eigenvalue weighted by Crippen LogP contribution is -2.25. The minimum Gasteiger partial charge on any atom is -0.351 e. The Morgan fingerprint density at radius 2 is 1.67 bits per heavy atom. The first-order chi connectivity index (χ1) is 15.7. The van der Waals surface area contributed by atoms with E-state index in [1.165, 1.54) is 48.7 Å². The van der Waals surface area contributed by atoms with E-state index in [-0.39, 0.29) is 33.2 Å². The van der Waals surface area contributed by atoms with Gasteiger partial charge in [0.2, 0.25) is 11.6 Å². The lowest BCUT2D eigenvalue weighted by Gasteiger charge is -2.19. The van der Waals surface area contributed by atoms with Crippen molar-refractivity contribution in [2.75, 3.05) is 10.0 Å². The lowest BCUT2D eigenvalue weighted by molar-refractivity contribution is -0.385. The van der Waals surface area contributed by atoms with Gasteiger partial charge < -0.3 is 5.32 Å². The van der Waals surface area contributed by atoms with Crippen LogP contribution in [0.5, 0.6) is 0 Å². The Balaban J connectivity index is 1.61. The topological polar surface area (TPSA) is 148 Å². The van der Waals surface area contributed by atoms with E-state index in [9.17, 15) is 28.1 Å². The Kier molecular flexibility index (Phi) is 5.66. The third-order valence-electron chi connectivity index (χ3n) is 4.69. The fourth-order valence-corrected chi connectivity index (χ4v) is 4.41. The zero-order valence-corrected chi connectivity index (χ0v) is 18.1. The number of Topliss-reactive ketones (excluding diaryl/α,β-unsaturated/α-hetero) is 2. The Morgan fingerprint density at radius 3 is 2.30 bits per heavy atom. The van der Waals surface area contributed by atoms with Gasteiger partial charge in [0.25, 0.3) is 15.7 Å². The molecule has 166 valence electrons. The molecule has 10 nitrogen and oxygen atoms in total. The molecule has 0 saturated carbocycles. The van der Waals surface area contributed by atoms with Crippen LogP contribution in [0.1, 0.15) is 20.7 Å². The molecule has 2 N–H and O–H groups in total. The summed E-state index contributed by atoms with van der Waals surface area (Å²) in [5.74, 6) is -1.41. The Labute approximate surface area is 192 Å². The number of ketones is 2. The maximum atomic E-state index is 12.9. The number of hydrogen-bond donors (Lipinski definition) is 2. The van der Waals surface area contributed by atoms with Crippen molar-refractivity contribution < 1.29 is 22.9 Å². The predicted molar refractivity (Wildman–Crippen MR) is 120 cm³/mol. The van der Waals surface area contributed by atoms with E-state index in [4.69, 9.17) is 11.6 Å². The smallest absolute Gasteiger partial charge is 0.281 e. The molecule has 1 heterocycles. The van der Waals surface area contributed by atoms with Crippen LogP contribution in [-0.2, 0) is 10.0 Å². The number of allylic oxidation sites excluding steroid dienone is 2. The number of aromatic nitrogens is 1. The maximum absolute atomic E-state index is 12.9. The number of benzene rings is 2. The molecule has 33 heavy (non-hydrogen) atoms. The summed E-state index contributed by atoms with van der Waals surface area (Å²) in [6, 6.07) is 13.8. The molecule has 1 aliphatic rings. The lowest BCUT2D eigenvalue weighted by atomic mass is 9.91. The van der Waals surface area contributed by atoms with Crippen LogP contribution in [0.25, 0.3) is 0 Å². The Bertz CT molecular complexity index is 1440. The average Bonchev–Trinajstić information content (AvgIpc) is 2.80. The molecule has 0 aliphatic heterocycles. The van der Waals surface area contributed by atoms with Gasteiger partial charge in [-0.1, -0.05) is 23.7 Å². The molecular weight excluding hydrogens is 472 g/mol. The number of sulfonamides is 1. The highest BCUT2D eigenvalue weighted by atomic mass is 35.5. The number of carbonyl (C=O) groups excluding carboxylic acids is 2. The van der Waals surface area contributed by atoms with E-state index < -0.39 is 37.2 Å². The number of fused-ring (bicyclic) bond motifs is 1. The van der Waals surface area contributed by atoms with E-state index in [1.807, 2.05) is 0 Å². The van der Waals surface area contributed by atoms with Gasteiger partial charge in [-0.2, -0.15) is 0 Å². The second-order valence-corrected chi connectivity index (χ2v) is 8.83. The van der Waals surface area contributed by atoms with Crippen molar-refractivity contribution in [2.24, 2.45) is 0 Å². The molecule has 1 aliphatic carbocycles. The third-order valence-corrected chi connectivity index (χ3v) is 6.43. The fourth-order valence-electron chi connectivity index (χ4n) is 3.17. The van der Waals surface area contributed by atoms with Crippen LogP contribution in [0.15, 0.2) is 82.5 Å². The summed E-state index contributed by atoms with van der Waals surface area (Å²) in [6.45, 7) is 0. The van der Waals surface area contributed by atoms with Crippen LogP contribution in [-0.4, -0.2) is 29.9 Å². The molecular formula is C21H13ClN4O6S. The number of rotatable bonds is 6. The number of nitrogens with zero attached hydrogens (tertiary/aromatic N) is 2. The van der Waals surface area contributed by atoms with Crippen LogP contribution < -0.4 is 10.0 Å². The van der Waals surface area contributed by atoms with Gasteiger partial charge in [0.05, 0.1) is 9.82 Å². The number of nitro groups is 1. The van der Waals surface area contributed by atoms with Crippen molar-refractivity contribution >= 4 is 50.4 Å². The van der Waals surface area contributed by atoms with Gasteiger partial charge in [-0.3, -0.25) is 24.4 Å². The van der Waals surface area contributed by atoms with Gasteiger partial charge in [0, 0.05) is 23.5 Å². The summed E-state index contributed by atoms with van der Waals surface area (Å²) < 4.78 is 27.4. The minimum absolute atomic E-state index is 0.0641. The van der Waals surface area contributed by atoms with Crippen molar-refractivity contribution in [3.05, 3.63) is 98.8 Å². The number of nitro benzene ring substituents is 1. The number of nitrogens with one attached hydrogen (secondary N) is 2. The van der Waals surface area contributed by atoms with Crippen molar-refractivity contribution in [1.29, 1.82) is 0 Å². The van der Waals surface area contributed by atoms with E-state index in [1.54, 1.807) is 12.1 Å². The quantitative estimate of drug-likeness (QED) is 0.397. The summed E-state index contributed by atoms with van der Waals surface area (Å²) in [6.07, 6.45) is 1.44. The van der Waals surface area contributed by atoms with Crippen LogP contribution in [0.2, 0.25) is 0 Å². The molecule has 0 fully saturated rings. The summed E-state index contributed by atoms with van der Waals surface area (Å²) in [5.41, 5.74) is -1.03. The molecule has 2 aromatic carbocycles. The first-order valence-electron chi connectivity index (χ1n) is 9.26. The minimum atomic E-state index is -3.91. The van der Waals surface area contributed by atoms with Gasteiger partial charge in [0.15, 0.2) is 0 Å². The van der Waals surface area contributed by atoms with Gasteiger partial charge in [-0.15, -0.1) is 0 Å². The van der Waals surface area contributed by atoms with Gasteiger partial charge in [-0.25, -0.2) is 13.4 Å². The molecule has 0 radical (unpaired) electrons. The maximum Gasteiger partial charge on any atom is 0.281 e. The second kappa shape index (κ2) is 8.45. The third kappa shape index (κ3) is 4.19. The van der Waals surface area contributed by atoms with Gasteiger partial charge in [0.1, 0.15) is 22.1 Å². The number of hydrogen-bond acceptors (Lipinski definition) is 8. The zero-order valence-electron chi connectivity index (χ0n) is 16.5. The fraction of sp³-hybridized carbons (Fsp3) is 0. The van der Waals surface area contributed by atoms with E-state index in [2.05, 4.69) is 15.0 Å². The van der Waals surface area contributed by atoms with Crippen molar-refractivity contribution in [3.8, 4) is 0 Å². The van der Waals surface area contributed by atoms with E-state index in [0.717, 1.165) is 6.07 Å². The second-order valence-electron chi connectivity index (χ2n) is 6.77. The molecule has 0 spiro atoms. The zero-order chi connectivity index (χ0) is 23.8. The first-order valence-corrected chi connectivity index (χ1v) is 11.1. The van der Waals surface area contributed by atoms with E-state index in [0.29, 0.717) is 0 Å². The van der Waals surface area contributed by atoms with Crippen molar-refractivity contribution in [1.82, 2.24) is 4.98 Å². The Morgan fingerprint density at radius 1 is 0.939 bits per heavy atom. The molecule has 0 bridgehead atoms. The average molecular weight is 485 g/mol. The summed E-state index contributed by atoms with van der Waals surface area (Å²) in [5, 5.41) is 13.4. The van der Waals surface area contributed by atoms with Crippen molar-refractivity contribution in [2.45, 2.75) is 4.90 Å².